The third-order valence-electron chi connectivity index (χ3n) is 6.41. The van der Waals surface area contributed by atoms with Crippen LogP contribution < -0.4 is 9.46 Å². The van der Waals surface area contributed by atoms with Crippen LogP contribution in [0.3, 0.4) is 0 Å². The fraction of sp³-hybridized carbons (Fsp3) is 0.345. The number of Topliss-reactive ketones (excluding diaryl/α,β-unsaturated/α-hetero) is 1. The van der Waals surface area contributed by atoms with Crippen molar-refractivity contribution in [1.82, 2.24) is 10.1 Å². The van der Waals surface area contributed by atoms with Crippen LogP contribution in [-0.2, 0) is 28.0 Å². The van der Waals surface area contributed by atoms with Gasteiger partial charge in [-0.05, 0) is 77.3 Å². The average molecular weight is 584 g/mol. The van der Waals surface area contributed by atoms with E-state index in [-0.39, 0.29) is 29.0 Å². The summed E-state index contributed by atoms with van der Waals surface area (Å²) in [5, 5.41) is 3.86. The summed E-state index contributed by atoms with van der Waals surface area (Å²) in [4.78, 5) is 17.5. The monoisotopic (exact) mass is 583 g/mol. The molecule has 0 atom stereocenters. The maximum Gasteiger partial charge on any atom is 0.273 e. The SMILES string of the molecule is CCOCc1cc(COc2cc(C)nc(C)c2C(C)=O)ccc1-c1cc(C)sc1S(=O)(=O)Nc1noc(C)c1C. The number of rotatable bonds is 11. The van der Waals surface area contributed by atoms with Gasteiger partial charge in [-0.25, -0.2) is 8.42 Å². The third-order valence-corrected chi connectivity index (χ3v) is 9.34. The van der Waals surface area contributed by atoms with E-state index in [1.165, 1.54) is 18.3 Å². The Bertz CT molecular complexity index is 1670. The number of hydrogen-bond acceptors (Lipinski definition) is 9. The number of hydrogen-bond donors (Lipinski definition) is 1. The highest BCUT2D eigenvalue weighted by molar-refractivity contribution is 7.94. The van der Waals surface area contributed by atoms with Crippen LogP contribution in [0.15, 0.2) is 39.1 Å². The molecule has 0 spiro atoms. The summed E-state index contributed by atoms with van der Waals surface area (Å²) in [7, 11) is -3.95. The van der Waals surface area contributed by atoms with Gasteiger partial charge < -0.3 is 14.0 Å². The van der Waals surface area contributed by atoms with Gasteiger partial charge in [0.15, 0.2) is 11.6 Å². The van der Waals surface area contributed by atoms with Crippen molar-refractivity contribution in [2.45, 2.75) is 65.9 Å². The molecule has 40 heavy (non-hydrogen) atoms. The first-order valence-corrected chi connectivity index (χ1v) is 15.1. The first-order valence-electron chi connectivity index (χ1n) is 12.8. The predicted octanol–water partition coefficient (Wildman–Crippen LogP) is 6.46. The number of carbonyl (C=O) groups excluding carboxylic acids is 1. The van der Waals surface area contributed by atoms with E-state index < -0.39 is 10.0 Å². The van der Waals surface area contributed by atoms with Crippen LogP contribution in [0.4, 0.5) is 5.82 Å². The Morgan fingerprint density at radius 2 is 1.80 bits per heavy atom. The molecule has 1 aromatic carbocycles. The molecule has 0 amide bonds. The molecule has 0 radical (unpaired) electrons. The lowest BCUT2D eigenvalue weighted by molar-refractivity contribution is 0.101. The molecule has 0 aliphatic carbocycles. The number of nitrogens with zero attached hydrogens (tertiary/aromatic N) is 2. The number of ether oxygens (including phenoxy) is 2. The van der Waals surface area contributed by atoms with E-state index in [1.807, 2.05) is 45.0 Å². The fourth-order valence-corrected chi connectivity index (χ4v) is 7.10. The Balaban J connectivity index is 1.70. The zero-order chi connectivity index (χ0) is 29.2. The van der Waals surface area contributed by atoms with Gasteiger partial charge in [0.05, 0.1) is 17.9 Å². The van der Waals surface area contributed by atoms with Gasteiger partial charge in [0.1, 0.15) is 22.3 Å². The van der Waals surface area contributed by atoms with Crippen LogP contribution in [0.25, 0.3) is 11.1 Å². The molecule has 3 aromatic heterocycles. The van der Waals surface area contributed by atoms with Crippen LogP contribution in [0.1, 0.15) is 62.9 Å². The molecule has 0 aliphatic heterocycles. The summed E-state index contributed by atoms with van der Waals surface area (Å²) < 4.78 is 46.7. The maximum absolute atomic E-state index is 13.5. The minimum absolute atomic E-state index is 0.112. The second-order valence-corrected chi connectivity index (χ2v) is 12.7. The number of anilines is 1. The van der Waals surface area contributed by atoms with Gasteiger partial charge in [-0.3, -0.25) is 14.5 Å². The van der Waals surface area contributed by atoms with E-state index in [2.05, 4.69) is 14.9 Å². The molecule has 1 N–H and O–H groups in total. The number of ketones is 1. The Kier molecular flexibility index (Phi) is 8.77. The number of sulfonamides is 1. The van der Waals surface area contributed by atoms with Gasteiger partial charge >= 0.3 is 0 Å². The van der Waals surface area contributed by atoms with Crippen LogP contribution >= 0.6 is 11.3 Å². The van der Waals surface area contributed by atoms with E-state index in [0.717, 1.165) is 27.3 Å². The molecule has 0 bridgehead atoms. The van der Waals surface area contributed by atoms with Crippen molar-refractivity contribution in [2.75, 3.05) is 11.3 Å². The van der Waals surface area contributed by atoms with Crippen molar-refractivity contribution in [3.05, 3.63) is 74.6 Å². The van der Waals surface area contributed by atoms with Crippen molar-refractivity contribution in [2.24, 2.45) is 0 Å². The molecular weight excluding hydrogens is 550 g/mol. The molecule has 0 unspecified atom stereocenters. The minimum Gasteiger partial charge on any atom is -0.488 e. The fourth-order valence-electron chi connectivity index (χ4n) is 4.39. The van der Waals surface area contributed by atoms with Crippen LogP contribution in [-0.4, -0.2) is 30.9 Å². The highest BCUT2D eigenvalue weighted by Gasteiger charge is 2.26. The molecular formula is C29H33N3O6S2. The lowest BCUT2D eigenvalue weighted by Gasteiger charge is -2.15. The number of carbonyl (C=O) groups is 1. The molecule has 3 heterocycles. The Hall–Kier alpha value is -3.54. The molecule has 0 fully saturated rings. The van der Waals surface area contributed by atoms with Crippen molar-refractivity contribution in [3.8, 4) is 16.9 Å². The molecule has 0 saturated heterocycles. The smallest absolute Gasteiger partial charge is 0.273 e. The standard InChI is InChI=1S/C29H33N3O6S2/c1-8-36-15-23-13-22(14-37-26-11-16(2)30-19(5)27(26)20(6)33)9-10-24(23)25-12-17(3)39-29(25)40(34,35)32-28-18(4)21(7)38-31-28/h9-13H,8,14-15H2,1-7H3,(H,31,32). The number of pyridine rings is 1. The number of aryl methyl sites for hydroxylation is 4. The first kappa shape index (κ1) is 29.4. The van der Waals surface area contributed by atoms with E-state index in [9.17, 15) is 13.2 Å². The average Bonchev–Trinajstić information content (AvgIpc) is 3.43. The number of thiophene rings is 1. The van der Waals surface area contributed by atoms with Crippen molar-refractivity contribution >= 4 is 33.0 Å². The molecule has 4 aromatic rings. The van der Waals surface area contributed by atoms with Gasteiger partial charge in [-0.15, -0.1) is 11.3 Å². The quantitative estimate of drug-likeness (QED) is 0.200. The second kappa shape index (κ2) is 11.9. The number of benzene rings is 1. The third kappa shape index (κ3) is 6.27. The maximum atomic E-state index is 13.5. The summed E-state index contributed by atoms with van der Waals surface area (Å²) >= 11 is 1.19. The summed E-state index contributed by atoms with van der Waals surface area (Å²) in [5.41, 5.74) is 5.47. The van der Waals surface area contributed by atoms with E-state index in [1.54, 1.807) is 26.8 Å². The molecule has 212 valence electrons. The zero-order valence-corrected chi connectivity index (χ0v) is 25.3. The summed E-state index contributed by atoms with van der Waals surface area (Å²) in [6.07, 6.45) is 0. The van der Waals surface area contributed by atoms with Gasteiger partial charge in [0.2, 0.25) is 0 Å². The van der Waals surface area contributed by atoms with E-state index >= 15 is 0 Å². The van der Waals surface area contributed by atoms with Gasteiger partial charge in [-0.2, -0.15) is 0 Å². The van der Waals surface area contributed by atoms with Gasteiger partial charge in [0, 0.05) is 34.4 Å². The largest absolute Gasteiger partial charge is 0.488 e. The molecule has 9 nitrogen and oxygen atoms in total. The lowest BCUT2D eigenvalue weighted by atomic mass is 9.99. The van der Waals surface area contributed by atoms with Crippen molar-refractivity contribution in [1.29, 1.82) is 0 Å². The normalized spacial score (nSPS) is 11.6. The molecule has 0 aliphatic rings. The Morgan fingerprint density at radius 1 is 1.05 bits per heavy atom. The molecule has 0 saturated carbocycles. The Labute approximate surface area is 238 Å². The van der Waals surface area contributed by atoms with Gasteiger partial charge in [-0.1, -0.05) is 17.3 Å². The van der Waals surface area contributed by atoms with Crippen molar-refractivity contribution < 1.29 is 27.2 Å². The summed E-state index contributed by atoms with van der Waals surface area (Å²) in [5.74, 6) is 1.09. The zero-order valence-electron chi connectivity index (χ0n) is 23.7. The highest BCUT2D eigenvalue weighted by atomic mass is 32.2. The second-order valence-electron chi connectivity index (χ2n) is 9.57. The summed E-state index contributed by atoms with van der Waals surface area (Å²) in [6.45, 7) is 13.4. The van der Waals surface area contributed by atoms with E-state index in [0.29, 0.717) is 40.5 Å². The lowest BCUT2D eigenvalue weighted by Crippen LogP contribution is -2.13. The molecule has 11 heteroatoms. The summed E-state index contributed by atoms with van der Waals surface area (Å²) in [6, 6.07) is 9.34. The van der Waals surface area contributed by atoms with Crippen LogP contribution in [0.5, 0.6) is 5.75 Å². The number of nitrogens with one attached hydrogen (secondary N) is 1. The Morgan fingerprint density at radius 3 is 2.45 bits per heavy atom. The first-order chi connectivity index (χ1) is 18.9. The van der Waals surface area contributed by atoms with Gasteiger partial charge in [0.25, 0.3) is 10.0 Å². The van der Waals surface area contributed by atoms with E-state index in [4.69, 9.17) is 14.0 Å². The minimum atomic E-state index is -3.95. The van der Waals surface area contributed by atoms with Crippen molar-refractivity contribution in [3.63, 3.8) is 0 Å². The molecule has 4 rings (SSSR count). The highest BCUT2D eigenvalue weighted by Crippen LogP contribution is 2.38. The number of aromatic nitrogens is 2. The topological polar surface area (TPSA) is 121 Å². The van der Waals surface area contributed by atoms with Crippen LogP contribution in [0, 0.1) is 34.6 Å². The predicted molar refractivity (Wildman–Crippen MR) is 155 cm³/mol. The van der Waals surface area contributed by atoms with Crippen LogP contribution in [0.2, 0.25) is 0 Å².